The summed E-state index contributed by atoms with van der Waals surface area (Å²) in [6.45, 7) is 0.796. The molecule has 0 bridgehead atoms. The molecule has 1 fully saturated rings. The predicted octanol–water partition coefficient (Wildman–Crippen LogP) is 1.48. The van der Waals surface area contributed by atoms with Crippen molar-refractivity contribution < 1.29 is 13.2 Å². The first kappa shape index (κ1) is 16.7. The highest BCUT2D eigenvalue weighted by atomic mass is 32.2. The number of carbonyl (C=O) groups excluding carboxylic acids is 1. The van der Waals surface area contributed by atoms with Gasteiger partial charge in [-0.1, -0.05) is 0 Å². The van der Waals surface area contributed by atoms with Gasteiger partial charge in [-0.05, 0) is 43.2 Å². The molecule has 24 heavy (non-hydrogen) atoms. The van der Waals surface area contributed by atoms with Crippen molar-refractivity contribution in [2.45, 2.75) is 12.8 Å². The number of hydrogen-bond acceptors (Lipinski definition) is 4. The summed E-state index contributed by atoms with van der Waals surface area (Å²) >= 11 is 0. The number of amides is 1. The zero-order valence-electron chi connectivity index (χ0n) is 13.4. The molecule has 7 nitrogen and oxygen atoms in total. The Morgan fingerprint density at radius 2 is 1.88 bits per heavy atom. The van der Waals surface area contributed by atoms with Crippen molar-refractivity contribution >= 4 is 21.6 Å². The van der Waals surface area contributed by atoms with E-state index in [9.17, 15) is 13.2 Å². The molecule has 1 amide bonds. The Morgan fingerprint density at radius 3 is 2.42 bits per heavy atom. The predicted molar refractivity (Wildman–Crippen MR) is 91.3 cm³/mol. The maximum atomic E-state index is 12.3. The second kappa shape index (κ2) is 6.74. The first-order chi connectivity index (χ1) is 11.4. The van der Waals surface area contributed by atoms with E-state index in [4.69, 9.17) is 0 Å². The number of nitrogens with zero attached hydrogens (tertiary/aromatic N) is 3. The molecule has 128 valence electrons. The minimum Gasteiger partial charge on any atom is -0.326 e. The Balaban J connectivity index is 1.58. The Hall–Kier alpha value is -2.19. The van der Waals surface area contributed by atoms with E-state index in [1.165, 1.54) is 10.6 Å². The summed E-state index contributed by atoms with van der Waals surface area (Å²) in [6, 6.07) is 9.28. The SMILES string of the molecule is CS(=O)(=O)N1CCC(C(=O)Nc2ccc(-n3cccn3)cc2)CC1. The Labute approximate surface area is 141 Å². The van der Waals surface area contributed by atoms with Crippen molar-refractivity contribution in [3.8, 4) is 5.69 Å². The van der Waals surface area contributed by atoms with E-state index in [-0.39, 0.29) is 11.8 Å². The molecule has 0 spiro atoms. The number of carbonyl (C=O) groups is 1. The lowest BCUT2D eigenvalue weighted by Crippen LogP contribution is -2.40. The minimum absolute atomic E-state index is 0.0602. The van der Waals surface area contributed by atoms with Gasteiger partial charge in [0, 0.05) is 37.1 Å². The summed E-state index contributed by atoms with van der Waals surface area (Å²) in [4.78, 5) is 12.3. The molecule has 1 saturated heterocycles. The maximum Gasteiger partial charge on any atom is 0.227 e. The standard InChI is InChI=1S/C16H20N4O3S/c1-24(22,23)19-11-7-13(8-12-19)16(21)18-14-3-5-15(6-4-14)20-10-2-9-17-20/h2-6,9-10,13H,7-8,11-12H2,1H3,(H,18,21). The van der Waals surface area contributed by atoms with Gasteiger partial charge in [0.15, 0.2) is 0 Å². The molecule has 3 rings (SSSR count). The van der Waals surface area contributed by atoms with Crippen LogP contribution in [0, 0.1) is 5.92 Å². The normalized spacial score (nSPS) is 16.9. The topological polar surface area (TPSA) is 84.3 Å². The van der Waals surface area contributed by atoms with E-state index < -0.39 is 10.0 Å². The third kappa shape index (κ3) is 3.82. The quantitative estimate of drug-likeness (QED) is 0.907. The summed E-state index contributed by atoms with van der Waals surface area (Å²) in [6.07, 6.45) is 5.85. The number of sulfonamides is 1. The van der Waals surface area contributed by atoms with Crippen LogP contribution in [0.1, 0.15) is 12.8 Å². The average Bonchev–Trinajstić information content (AvgIpc) is 3.09. The van der Waals surface area contributed by atoms with E-state index in [0.717, 1.165) is 11.4 Å². The van der Waals surface area contributed by atoms with Crippen LogP contribution in [0.15, 0.2) is 42.7 Å². The van der Waals surface area contributed by atoms with E-state index in [1.54, 1.807) is 10.9 Å². The van der Waals surface area contributed by atoms with Crippen LogP contribution in [-0.4, -0.2) is 47.8 Å². The van der Waals surface area contributed by atoms with Crippen molar-refractivity contribution in [3.63, 3.8) is 0 Å². The molecule has 1 aliphatic heterocycles. The van der Waals surface area contributed by atoms with Crippen molar-refractivity contribution in [2.24, 2.45) is 5.92 Å². The summed E-state index contributed by atoms with van der Waals surface area (Å²) < 4.78 is 26.2. The number of nitrogens with one attached hydrogen (secondary N) is 1. The van der Waals surface area contributed by atoms with Crippen LogP contribution in [0.25, 0.3) is 5.69 Å². The third-order valence-corrected chi connectivity index (χ3v) is 5.50. The highest BCUT2D eigenvalue weighted by Crippen LogP contribution is 2.21. The van der Waals surface area contributed by atoms with Gasteiger partial charge in [-0.15, -0.1) is 0 Å². The molecule has 1 aromatic carbocycles. The van der Waals surface area contributed by atoms with Crippen LogP contribution in [-0.2, 0) is 14.8 Å². The Bertz CT molecular complexity index is 792. The van der Waals surface area contributed by atoms with Gasteiger partial charge in [0.25, 0.3) is 0 Å². The third-order valence-electron chi connectivity index (χ3n) is 4.20. The van der Waals surface area contributed by atoms with E-state index in [1.807, 2.05) is 36.5 Å². The molecule has 2 heterocycles. The molecule has 0 radical (unpaired) electrons. The Morgan fingerprint density at radius 1 is 1.21 bits per heavy atom. The van der Waals surface area contributed by atoms with Gasteiger partial charge >= 0.3 is 0 Å². The number of aromatic nitrogens is 2. The van der Waals surface area contributed by atoms with Gasteiger partial charge in [0.1, 0.15) is 0 Å². The van der Waals surface area contributed by atoms with Crippen LogP contribution >= 0.6 is 0 Å². The van der Waals surface area contributed by atoms with Gasteiger partial charge in [-0.2, -0.15) is 5.10 Å². The fraction of sp³-hybridized carbons (Fsp3) is 0.375. The lowest BCUT2D eigenvalue weighted by molar-refractivity contribution is -0.120. The lowest BCUT2D eigenvalue weighted by atomic mass is 9.97. The lowest BCUT2D eigenvalue weighted by Gasteiger charge is -2.29. The van der Waals surface area contributed by atoms with Crippen LogP contribution in [0.5, 0.6) is 0 Å². The maximum absolute atomic E-state index is 12.3. The molecule has 1 aromatic heterocycles. The van der Waals surface area contributed by atoms with E-state index in [2.05, 4.69) is 10.4 Å². The molecular weight excluding hydrogens is 328 g/mol. The van der Waals surface area contributed by atoms with E-state index >= 15 is 0 Å². The summed E-state index contributed by atoms with van der Waals surface area (Å²) in [5.74, 6) is -0.219. The second-order valence-electron chi connectivity index (χ2n) is 5.92. The second-order valence-corrected chi connectivity index (χ2v) is 7.91. The van der Waals surface area contributed by atoms with Crippen molar-refractivity contribution in [3.05, 3.63) is 42.7 Å². The van der Waals surface area contributed by atoms with Crippen LogP contribution < -0.4 is 5.32 Å². The van der Waals surface area contributed by atoms with Crippen molar-refractivity contribution in [1.29, 1.82) is 0 Å². The number of piperidine rings is 1. The zero-order chi connectivity index (χ0) is 17.2. The summed E-state index contributed by atoms with van der Waals surface area (Å²) in [7, 11) is -3.17. The summed E-state index contributed by atoms with van der Waals surface area (Å²) in [5, 5.41) is 7.05. The molecule has 1 N–H and O–H groups in total. The van der Waals surface area contributed by atoms with Crippen LogP contribution in [0.3, 0.4) is 0 Å². The molecule has 1 aliphatic rings. The fourth-order valence-electron chi connectivity index (χ4n) is 2.81. The largest absolute Gasteiger partial charge is 0.326 e. The van der Waals surface area contributed by atoms with Crippen LogP contribution in [0.2, 0.25) is 0 Å². The molecule has 0 atom stereocenters. The van der Waals surface area contributed by atoms with Gasteiger partial charge in [0.2, 0.25) is 15.9 Å². The van der Waals surface area contributed by atoms with Gasteiger partial charge in [-0.3, -0.25) is 4.79 Å². The number of benzene rings is 1. The number of rotatable bonds is 4. The fourth-order valence-corrected chi connectivity index (χ4v) is 3.69. The number of hydrogen-bond donors (Lipinski definition) is 1. The van der Waals surface area contributed by atoms with Crippen molar-refractivity contribution in [1.82, 2.24) is 14.1 Å². The van der Waals surface area contributed by atoms with Gasteiger partial charge in [0.05, 0.1) is 11.9 Å². The van der Waals surface area contributed by atoms with Gasteiger partial charge < -0.3 is 5.32 Å². The first-order valence-electron chi connectivity index (χ1n) is 7.79. The highest BCUT2D eigenvalue weighted by molar-refractivity contribution is 7.88. The molecular formula is C16H20N4O3S. The molecule has 0 aliphatic carbocycles. The van der Waals surface area contributed by atoms with E-state index in [0.29, 0.717) is 25.9 Å². The molecule has 2 aromatic rings. The average molecular weight is 348 g/mol. The number of anilines is 1. The first-order valence-corrected chi connectivity index (χ1v) is 9.64. The van der Waals surface area contributed by atoms with Gasteiger partial charge in [-0.25, -0.2) is 17.4 Å². The molecule has 8 heteroatoms. The Kier molecular flexibility index (Phi) is 4.68. The zero-order valence-corrected chi connectivity index (χ0v) is 14.2. The summed E-state index contributed by atoms with van der Waals surface area (Å²) in [5.41, 5.74) is 1.64. The minimum atomic E-state index is -3.17. The smallest absolute Gasteiger partial charge is 0.227 e. The van der Waals surface area contributed by atoms with Crippen molar-refractivity contribution in [2.75, 3.05) is 24.7 Å². The monoisotopic (exact) mass is 348 g/mol. The van der Waals surface area contributed by atoms with Crippen LogP contribution in [0.4, 0.5) is 5.69 Å². The highest BCUT2D eigenvalue weighted by Gasteiger charge is 2.28. The molecule has 0 unspecified atom stereocenters. The molecule has 0 saturated carbocycles.